The minimum atomic E-state index is -3.44. The van der Waals surface area contributed by atoms with E-state index in [4.69, 9.17) is 5.73 Å². The highest BCUT2D eigenvalue weighted by Gasteiger charge is 2.18. The lowest BCUT2D eigenvalue weighted by Crippen LogP contribution is -2.16. The van der Waals surface area contributed by atoms with Gasteiger partial charge in [0.1, 0.15) is 5.00 Å². The van der Waals surface area contributed by atoms with Crippen LogP contribution in [0.15, 0.2) is 65.6 Å². The third kappa shape index (κ3) is 4.24. The zero-order valence-corrected chi connectivity index (χ0v) is 15.9. The second-order valence-corrected chi connectivity index (χ2v) is 8.91. The smallest absolute Gasteiger partial charge is 0.256 e. The minimum Gasteiger partial charge on any atom is -0.366 e. The van der Waals surface area contributed by atoms with Crippen LogP contribution in [0, 0.1) is 0 Å². The van der Waals surface area contributed by atoms with Gasteiger partial charge in [0.05, 0.1) is 10.5 Å². The molecule has 0 aliphatic rings. The molecule has 2 amide bonds. The molecule has 0 saturated heterocycles. The molecular weight excluding hydrogens is 384 g/mol. The first kappa shape index (κ1) is 18.8. The molecule has 2 aromatic carbocycles. The Kier molecular flexibility index (Phi) is 5.11. The summed E-state index contributed by atoms with van der Waals surface area (Å²) < 4.78 is 23.4. The molecule has 0 unspecified atom stereocenters. The van der Waals surface area contributed by atoms with Crippen LogP contribution in [-0.4, -0.2) is 26.5 Å². The maximum Gasteiger partial charge on any atom is 0.256 e. The second kappa shape index (κ2) is 7.34. The van der Waals surface area contributed by atoms with E-state index in [1.54, 1.807) is 6.07 Å². The largest absolute Gasteiger partial charge is 0.366 e. The van der Waals surface area contributed by atoms with E-state index >= 15 is 0 Å². The third-order valence-corrected chi connectivity index (χ3v) is 6.02. The molecule has 1 heterocycles. The highest BCUT2D eigenvalue weighted by atomic mass is 32.2. The van der Waals surface area contributed by atoms with Crippen molar-refractivity contribution in [3.05, 3.63) is 71.8 Å². The Bertz CT molecular complexity index is 1120. The number of hydrogen-bond donors (Lipinski definition) is 2. The standard InChI is InChI=1S/C19H16N2O4S2/c1-27(24,25)14-9-5-8-13(10-14)18(23)21-19-15(17(20)22)11-16(26-19)12-6-3-2-4-7-12/h2-11H,1H3,(H2,20,22)(H,21,23). The average molecular weight is 400 g/mol. The fourth-order valence-electron chi connectivity index (χ4n) is 2.45. The zero-order chi connectivity index (χ0) is 19.6. The number of thiophene rings is 1. The molecule has 0 aliphatic heterocycles. The van der Waals surface area contributed by atoms with Gasteiger partial charge in [0.2, 0.25) is 0 Å². The SMILES string of the molecule is CS(=O)(=O)c1cccc(C(=O)Nc2sc(-c3ccccc3)cc2C(N)=O)c1. The Balaban J connectivity index is 1.94. The summed E-state index contributed by atoms with van der Waals surface area (Å²) in [6, 6.07) is 16.7. The van der Waals surface area contributed by atoms with Crippen LogP contribution in [0.25, 0.3) is 10.4 Å². The molecule has 0 radical (unpaired) electrons. The number of hydrogen-bond acceptors (Lipinski definition) is 5. The van der Waals surface area contributed by atoms with Gasteiger partial charge in [-0.25, -0.2) is 8.42 Å². The van der Waals surface area contributed by atoms with Crippen LogP contribution in [-0.2, 0) is 9.84 Å². The Morgan fingerprint density at radius 3 is 2.33 bits per heavy atom. The first-order chi connectivity index (χ1) is 12.8. The molecule has 3 N–H and O–H groups in total. The fraction of sp³-hybridized carbons (Fsp3) is 0.0526. The van der Waals surface area contributed by atoms with Crippen molar-refractivity contribution in [3.8, 4) is 10.4 Å². The maximum atomic E-state index is 12.6. The number of rotatable bonds is 5. The van der Waals surface area contributed by atoms with E-state index in [1.165, 1.54) is 35.6 Å². The molecule has 27 heavy (non-hydrogen) atoms. The monoisotopic (exact) mass is 400 g/mol. The van der Waals surface area contributed by atoms with Crippen LogP contribution in [0.4, 0.5) is 5.00 Å². The van der Waals surface area contributed by atoms with E-state index in [9.17, 15) is 18.0 Å². The van der Waals surface area contributed by atoms with E-state index in [1.807, 2.05) is 30.3 Å². The van der Waals surface area contributed by atoms with Gasteiger partial charge in [-0.15, -0.1) is 11.3 Å². The molecule has 1 aromatic heterocycles. The lowest BCUT2D eigenvalue weighted by molar-refractivity contribution is 0.100. The van der Waals surface area contributed by atoms with Gasteiger partial charge in [-0.05, 0) is 29.8 Å². The number of primary amides is 1. The van der Waals surface area contributed by atoms with Crippen molar-refractivity contribution in [1.82, 2.24) is 0 Å². The molecule has 0 atom stereocenters. The van der Waals surface area contributed by atoms with Crippen molar-refractivity contribution in [2.45, 2.75) is 4.90 Å². The molecule has 3 aromatic rings. The quantitative estimate of drug-likeness (QED) is 0.686. The van der Waals surface area contributed by atoms with Gasteiger partial charge < -0.3 is 11.1 Å². The number of anilines is 1. The van der Waals surface area contributed by atoms with Gasteiger partial charge >= 0.3 is 0 Å². The van der Waals surface area contributed by atoms with Gasteiger partial charge in [-0.3, -0.25) is 9.59 Å². The van der Waals surface area contributed by atoms with Crippen LogP contribution >= 0.6 is 11.3 Å². The Labute approximate surface area is 160 Å². The predicted molar refractivity (Wildman–Crippen MR) is 106 cm³/mol. The van der Waals surface area contributed by atoms with E-state index in [2.05, 4.69) is 5.32 Å². The maximum absolute atomic E-state index is 12.6. The number of carbonyl (C=O) groups is 2. The molecule has 0 spiro atoms. The molecule has 8 heteroatoms. The lowest BCUT2D eigenvalue weighted by atomic mass is 10.1. The van der Waals surface area contributed by atoms with E-state index in [0.29, 0.717) is 5.00 Å². The fourth-order valence-corrected chi connectivity index (χ4v) is 4.19. The summed E-state index contributed by atoms with van der Waals surface area (Å²) >= 11 is 1.22. The molecule has 0 saturated carbocycles. The summed E-state index contributed by atoms with van der Waals surface area (Å²) in [5.74, 6) is -1.18. The summed E-state index contributed by atoms with van der Waals surface area (Å²) in [7, 11) is -3.44. The van der Waals surface area contributed by atoms with Crippen LogP contribution in [0.5, 0.6) is 0 Å². The molecule has 3 rings (SSSR count). The first-order valence-electron chi connectivity index (χ1n) is 7.86. The number of benzene rings is 2. The highest BCUT2D eigenvalue weighted by molar-refractivity contribution is 7.90. The summed E-state index contributed by atoms with van der Waals surface area (Å²) in [4.78, 5) is 25.2. The Hall–Kier alpha value is -2.97. The number of carbonyl (C=O) groups excluding carboxylic acids is 2. The second-order valence-electron chi connectivity index (χ2n) is 5.84. The predicted octanol–water partition coefficient (Wildman–Crippen LogP) is 3.17. The van der Waals surface area contributed by atoms with Gasteiger partial charge in [0.25, 0.3) is 11.8 Å². The van der Waals surface area contributed by atoms with Gasteiger partial charge in [0, 0.05) is 16.7 Å². The van der Waals surface area contributed by atoms with Gasteiger partial charge in [0.15, 0.2) is 9.84 Å². The van der Waals surface area contributed by atoms with Crippen molar-refractivity contribution in [2.24, 2.45) is 5.73 Å². The number of nitrogens with two attached hydrogens (primary N) is 1. The number of nitrogens with one attached hydrogen (secondary N) is 1. The molecule has 138 valence electrons. The minimum absolute atomic E-state index is 0.0430. The van der Waals surface area contributed by atoms with Crippen molar-refractivity contribution in [2.75, 3.05) is 11.6 Å². The van der Waals surface area contributed by atoms with Crippen LogP contribution in [0.2, 0.25) is 0 Å². The molecule has 0 aliphatic carbocycles. The van der Waals surface area contributed by atoms with Gasteiger partial charge in [-0.2, -0.15) is 0 Å². The van der Waals surface area contributed by atoms with Crippen molar-refractivity contribution < 1.29 is 18.0 Å². The van der Waals surface area contributed by atoms with Crippen molar-refractivity contribution >= 4 is 38.0 Å². The number of amides is 2. The van der Waals surface area contributed by atoms with Crippen LogP contribution in [0.1, 0.15) is 20.7 Å². The van der Waals surface area contributed by atoms with Gasteiger partial charge in [-0.1, -0.05) is 36.4 Å². The molecule has 6 nitrogen and oxygen atoms in total. The summed E-state index contributed by atoms with van der Waals surface area (Å²) in [6.07, 6.45) is 1.07. The molecule has 0 bridgehead atoms. The normalized spacial score (nSPS) is 11.1. The summed E-state index contributed by atoms with van der Waals surface area (Å²) in [5.41, 5.74) is 6.70. The molecule has 0 fully saturated rings. The number of sulfone groups is 1. The van der Waals surface area contributed by atoms with Crippen LogP contribution in [0.3, 0.4) is 0 Å². The third-order valence-electron chi connectivity index (χ3n) is 3.81. The molecular formula is C19H16N2O4S2. The summed E-state index contributed by atoms with van der Waals surface area (Å²) in [6.45, 7) is 0. The van der Waals surface area contributed by atoms with E-state index < -0.39 is 21.7 Å². The summed E-state index contributed by atoms with van der Waals surface area (Å²) in [5, 5.41) is 2.98. The van der Waals surface area contributed by atoms with Crippen LogP contribution < -0.4 is 11.1 Å². The van der Waals surface area contributed by atoms with E-state index in [-0.39, 0.29) is 16.0 Å². The first-order valence-corrected chi connectivity index (χ1v) is 10.6. The zero-order valence-electron chi connectivity index (χ0n) is 14.3. The topological polar surface area (TPSA) is 106 Å². The highest BCUT2D eigenvalue weighted by Crippen LogP contribution is 2.35. The Morgan fingerprint density at radius 2 is 1.70 bits per heavy atom. The average Bonchev–Trinajstić information content (AvgIpc) is 3.06. The van der Waals surface area contributed by atoms with Crippen molar-refractivity contribution in [1.29, 1.82) is 0 Å². The Morgan fingerprint density at radius 1 is 1.00 bits per heavy atom. The van der Waals surface area contributed by atoms with Crippen molar-refractivity contribution in [3.63, 3.8) is 0 Å². The lowest BCUT2D eigenvalue weighted by Gasteiger charge is -2.06. The van der Waals surface area contributed by atoms with E-state index in [0.717, 1.165) is 16.7 Å².